The molecular weight excluding hydrogens is 284 g/mol. The maximum absolute atomic E-state index is 5.37. The lowest BCUT2D eigenvalue weighted by Crippen LogP contribution is -2.00. The second kappa shape index (κ2) is 3.70. The van der Waals surface area contributed by atoms with Crippen LogP contribution in [-0.2, 0) is 6.54 Å². The molecule has 2 atom stereocenters. The van der Waals surface area contributed by atoms with Crippen molar-refractivity contribution in [1.82, 2.24) is 9.55 Å². The van der Waals surface area contributed by atoms with E-state index in [0.29, 0.717) is 0 Å². The maximum Gasteiger partial charge on any atom is 0.178 e. The average Bonchev–Trinajstić information content (AvgIpc) is 2.82. The fourth-order valence-corrected chi connectivity index (χ4v) is 2.85. The van der Waals surface area contributed by atoms with Gasteiger partial charge in [0.05, 0.1) is 11.0 Å². The number of fused-ring (bicyclic) bond motifs is 1. The summed E-state index contributed by atoms with van der Waals surface area (Å²) < 4.78 is 4.15. The summed E-state index contributed by atoms with van der Waals surface area (Å²) in [4.78, 5) is 3.26. The zero-order valence-corrected chi connectivity index (χ0v) is 11.4. The number of hydrogen-bond donors (Lipinski definition) is 1. The summed E-state index contributed by atoms with van der Waals surface area (Å²) in [6, 6.07) is 6.27. The molecule has 2 nitrogen and oxygen atoms in total. The van der Waals surface area contributed by atoms with Gasteiger partial charge in [0.25, 0.3) is 0 Å². The zero-order valence-electron chi connectivity index (χ0n) is 9.03. The molecule has 0 amide bonds. The average molecular weight is 297 g/mol. The van der Waals surface area contributed by atoms with Crippen LogP contribution in [-0.4, -0.2) is 9.55 Å². The van der Waals surface area contributed by atoms with Crippen molar-refractivity contribution in [3.8, 4) is 0 Å². The number of H-pyrrole nitrogens is 1. The van der Waals surface area contributed by atoms with Gasteiger partial charge in [-0.1, -0.05) is 22.9 Å². The number of rotatable bonds is 2. The van der Waals surface area contributed by atoms with Crippen LogP contribution in [0.25, 0.3) is 11.0 Å². The lowest BCUT2D eigenvalue weighted by molar-refractivity contribution is 0.600. The van der Waals surface area contributed by atoms with Crippen molar-refractivity contribution in [2.24, 2.45) is 11.8 Å². The smallest absolute Gasteiger partial charge is 0.178 e. The molecule has 1 aliphatic rings. The number of nitrogens with zero attached hydrogens (tertiary/aromatic N) is 1. The van der Waals surface area contributed by atoms with Crippen LogP contribution < -0.4 is 0 Å². The minimum atomic E-state index is 0.814. The summed E-state index contributed by atoms with van der Waals surface area (Å²) in [7, 11) is 0. The number of benzene rings is 1. The molecule has 0 spiro atoms. The van der Waals surface area contributed by atoms with Crippen LogP contribution in [0.3, 0.4) is 0 Å². The standard InChI is InChI=1S/C12H13BrN2S/c1-7-4-8(7)6-15-11-3-2-9(13)5-10(11)14-12(15)16/h2-3,5,7-8H,4,6H2,1H3,(H,14,16). The van der Waals surface area contributed by atoms with E-state index in [1.54, 1.807) is 0 Å². The van der Waals surface area contributed by atoms with Crippen LogP contribution >= 0.6 is 28.1 Å². The van der Waals surface area contributed by atoms with E-state index < -0.39 is 0 Å². The molecular formula is C12H13BrN2S. The van der Waals surface area contributed by atoms with Gasteiger partial charge in [-0.05, 0) is 48.7 Å². The van der Waals surface area contributed by atoms with Gasteiger partial charge in [0.1, 0.15) is 0 Å². The van der Waals surface area contributed by atoms with E-state index in [4.69, 9.17) is 12.2 Å². The Hall–Kier alpha value is -0.610. The van der Waals surface area contributed by atoms with E-state index >= 15 is 0 Å². The van der Waals surface area contributed by atoms with Crippen molar-refractivity contribution in [1.29, 1.82) is 0 Å². The third kappa shape index (κ3) is 1.74. The molecule has 84 valence electrons. The Balaban J connectivity index is 2.09. The molecule has 0 radical (unpaired) electrons. The summed E-state index contributed by atoms with van der Waals surface area (Å²) in [5.74, 6) is 1.68. The van der Waals surface area contributed by atoms with Crippen molar-refractivity contribution in [3.05, 3.63) is 27.4 Å². The summed E-state index contributed by atoms with van der Waals surface area (Å²) in [6.45, 7) is 3.36. The predicted octanol–water partition coefficient (Wildman–Crippen LogP) is 4.12. The minimum Gasteiger partial charge on any atom is -0.331 e. The lowest BCUT2D eigenvalue weighted by Gasteiger charge is -2.02. The predicted molar refractivity (Wildman–Crippen MR) is 72.1 cm³/mol. The van der Waals surface area contributed by atoms with E-state index in [9.17, 15) is 0 Å². The quantitative estimate of drug-likeness (QED) is 0.827. The van der Waals surface area contributed by atoms with Gasteiger partial charge in [0, 0.05) is 11.0 Å². The first-order valence-electron chi connectivity index (χ1n) is 5.53. The van der Waals surface area contributed by atoms with E-state index in [-0.39, 0.29) is 0 Å². The first-order valence-corrected chi connectivity index (χ1v) is 6.73. The van der Waals surface area contributed by atoms with Crippen molar-refractivity contribution in [2.75, 3.05) is 0 Å². The second-order valence-corrected chi connectivity index (χ2v) is 5.98. The van der Waals surface area contributed by atoms with Crippen LogP contribution in [0.15, 0.2) is 22.7 Å². The van der Waals surface area contributed by atoms with Crippen LogP contribution in [0.4, 0.5) is 0 Å². The third-order valence-corrected chi connectivity index (χ3v) is 4.25. The number of hydrogen-bond acceptors (Lipinski definition) is 1. The van der Waals surface area contributed by atoms with Crippen LogP contribution in [0, 0.1) is 16.6 Å². The van der Waals surface area contributed by atoms with Crippen molar-refractivity contribution in [2.45, 2.75) is 19.9 Å². The Labute approximate surface area is 108 Å². The highest BCUT2D eigenvalue weighted by molar-refractivity contribution is 9.10. The molecule has 1 N–H and O–H groups in total. The number of halogens is 1. The number of aromatic nitrogens is 2. The molecule has 2 unspecified atom stereocenters. The van der Waals surface area contributed by atoms with Gasteiger partial charge in [0.2, 0.25) is 0 Å². The summed E-state index contributed by atoms with van der Waals surface area (Å²) in [5, 5.41) is 0. The summed E-state index contributed by atoms with van der Waals surface area (Å²) >= 11 is 8.85. The molecule has 0 saturated heterocycles. The normalized spacial score (nSPS) is 23.9. The first kappa shape index (κ1) is 10.5. The topological polar surface area (TPSA) is 20.7 Å². The molecule has 1 heterocycles. The summed E-state index contributed by atoms with van der Waals surface area (Å²) in [5.41, 5.74) is 2.33. The highest BCUT2D eigenvalue weighted by atomic mass is 79.9. The molecule has 1 saturated carbocycles. The van der Waals surface area contributed by atoms with E-state index in [2.05, 4.69) is 50.6 Å². The molecule has 4 heteroatoms. The largest absolute Gasteiger partial charge is 0.331 e. The van der Waals surface area contributed by atoms with Gasteiger partial charge < -0.3 is 9.55 Å². The molecule has 3 rings (SSSR count). The van der Waals surface area contributed by atoms with Crippen molar-refractivity contribution < 1.29 is 0 Å². The minimum absolute atomic E-state index is 0.814. The molecule has 1 aromatic heterocycles. The highest BCUT2D eigenvalue weighted by Gasteiger charge is 2.33. The highest BCUT2D eigenvalue weighted by Crippen LogP contribution is 2.39. The van der Waals surface area contributed by atoms with E-state index in [1.807, 2.05) is 0 Å². The van der Waals surface area contributed by atoms with Gasteiger partial charge >= 0.3 is 0 Å². The Morgan fingerprint density at radius 2 is 2.31 bits per heavy atom. The zero-order chi connectivity index (χ0) is 11.3. The fourth-order valence-electron chi connectivity index (χ4n) is 2.21. The van der Waals surface area contributed by atoms with Gasteiger partial charge in [-0.25, -0.2) is 0 Å². The molecule has 1 aromatic carbocycles. The van der Waals surface area contributed by atoms with E-state index in [1.165, 1.54) is 11.9 Å². The maximum atomic E-state index is 5.37. The number of imidazole rings is 1. The molecule has 1 fully saturated rings. The molecule has 16 heavy (non-hydrogen) atoms. The second-order valence-electron chi connectivity index (χ2n) is 4.68. The Kier molecular flexibility index (Phi) is 2.44. The molecule has 1 aliphatic carbocycles. The van der Waals surface area contributed by atoms with Crippen LogP contribution in [0.1, 0.15) is 13.3 Å². The van der Waals surface area contributed by atoms with Gasteiger partial charge in [-0.15, -0.1) is 0 Å². The van der Waals surface area contributed by atoms with Gasteiger partial charge in [-0.2, -0.15) is 0 Å². The third-order valence-electron chi connectivity index (χ3n) is 3.43. The SMILES string of the molecule is CC1CC1Cn1c(=S)[nH]c2cc(Br)ccc21. The monoisotopic (exact) mass is 296 g/mol. The Morgan fingerprint density at radius 3 is 3.00 bits per heavy atom. The molecule has 0 bridgehead atoms. The summed E-state index contributed by atoms with van der Waals surface area (Å²) in [6.07, 6.45) is 1.34. The van der Waals surface area contributed by atoms with Crippen LogP contribution in [0.2, 0.25) is 0 Å². The van der Waals surface area contributed by atoms with Crippen molar-refractivity contribution in [3.63, 3.8) is 0 Å². The van der Waals surface area contributed by atoms with E-state index in [0.717, 1.165) is 33.1 Å². The molecule has 2 aromatic rings. The Bertz CT molecular complexity index is 599. The Morgan fingerprint density at radius 1 is 1.56 bits per heavy atom. The first-order chi connectivity index (χ1) is 7.65. The van der Waals surface area contributed by atoms with Gasteiger partial charge in [-0.3, -0.25) is 0 Å². The molecule has 0 aliphatic heterocycles. The number of aromatic amines is 1. The fraction of sp³-hybridized carbons (Fsp3) is 0.417. The van der Waals surface area contributed by atoms with Crippen LogP contribution in [0.5, 0.6) is 0 Å². The number of nitrogens with one attached hydrogen (secondary N) is 1. The lowest BCUT2D eigenvalue weighted by atomic mass is 10.3. The van der Waals surface area contributed by atoms with Gasteiger partial charge in [0.15, 0.2) is 4.77 Å². The van der Waals surface area contributed by atoms with Crippen molar-refractivity contribution >= 4 is 39.2 Å².